The Labute approximate surface area is 219 Å². The van der Waals surface area contributed by atoms with Gasteiger partial charge in [0.2, 0.25) is 5.88 Å². The summed E-state index contributed by atoms with van der Waals surface area (Å²) in [5, 5.41) is 15.7. The van der Waals surface area contributed by atoms with E-state index >= 15 is 0 Å². The van der Waals surface area contributed by atoms with Crippen molar-refractivity contribution in [3.8, 4) is 28.6 Å². The van der Waals surface area contributed by atoms with Crippen LogP contribution in [0.25, 0.3) is 11.3 Å². The van der Waals surface area contributed by atoms with Crippen LogP contribution in [-0.4, -0.2) is 71.5 Å². The van der Waals surface area contributed by atoms with Crippen LogP contribution in [0.3, 0.4) is 0 Å². The molecule has 200 valence electrons. The summed E-state index contributed by atoms with van der Waals surface area (Å²) in [6.45, 7) is 6.71. The lowest BCUT2D eigenvalue weighted by molar-refractivity contribution is -0.0172. The summed E-state index contributed by atoms with van der Waals surface area (Å²) in [5.74, 6) is 2.04. The minimum absolute atomic E-state index is 0.0622. The van der Waals surface area contributed by atoms with Gasteiger partial charge in [-0.3, -0.25) is 4.90 Å². The van der Waals surface area contributed by atoms with E-state index in [1.165, 1.54) is 0 Å². The number of hydrogen-bond acceptors (Lipinski definition) is 7. The minimum atomic E-state index is -0.622. The molecule has 0 amide bonds. The van der Waals surface area contributed by atoms with E-state index in [0.717, 1.165) is 42.0 Å². The van der Waals surface area contributed by atoms with Crippen LogP contribution in [0, 0.1) is 0 Å². The molecule has 37 heavy (non-hydrogen) atoms. The first-order valence-corrected chi connectivity index (χ1v) is 13.0. The zero-order valence-electron chi connectivity index (χ0n) is 22.3. The van der Waals surface area contributed by atoms with E-state index in [1.807, 2.05) is 63.4 Å². The van der Waals surface area contributed by atoms with E-state index in [-0.39, 0.29) is 18.8 Å². The number of methoxy groups -OCH3 is 1. The van der Waals surface area contributed by atoms with Gasteiger partial charge in [-0.15, -0.1) is 0 Å². The summed E-state index contributed by atoms with van der Waals surface area (Å²) >= 11 is 0. The Kier molecular flexibility index (Phi) is 9.57. The Morgan fingerprint density at radius 1 is 1.14 bits per heavy atom. The molecule has 2 atom stereocenters. The lowest BCUT2D eigenvalue weighted by Gasteiger charge is -2.28. The molecule has 0 aliphatic carbocycles. The standard InChI is InChI=1S/C29H39N3O5/c1-21(2)36-20-23(33)17-32(18-26-14-9-15-35-26)19-27-28(22-10-6-5-7-11-22)30-31(3)29(27)37-25-13-8-12-24(16-25)34-4/h5-8,10-13,16,21,23,26,33H,9,14-15,17-20H2,1-4H3/t23-,26-/m1/s1. The zero-order valence-corrected chi connectivity index (χ0v) is 22.3. The molecule has 8 nitrogen and oxygen atoms in total. The fraction of sp³-hybridized carbons (Fsp3) is 0.483. The normalized spacial score (nSPS) is 16.5. The maximum absolute atomic E-state index is 10.8. The number of ether oxygens (including phenoxy) is 4. The van der Waals surface area contributed by atoms with Gasteiger partial charge >= 0.3 is 0 Å². The maximum Gasteiger partial charge on any atom is 0.222 e. The van der Waals surface area contributed by atoms with Gasteiger partial charge in [0.25, 0.3) is 0 Å². The van der Waals surface area contributed by atoms with Crippen molar-refractivity contribution in [2.75, 3.05) is 33.4 Å². The second kappa shape index (κ2) is 13.1. The van der Waals surface area contributed by atoms with Crippen LogP contribution < -0.4 is 9.47 Å². The second-order valence-corrected chi connectivity index (χ2v) is 9.77. The molecular weight excluding hydrogens is 470 g/mol. The number of benzene rings is 2. The highest BCUT2D eigenvalue weighted by atomic mass is 16.5. The summed E-state index contributed by atoms with van der Waals surface area (Å²) in [6, 6.07) is 17.7. The first-order chi connectivity index (χ1) is 17.9. The van der Waals surface area contributed by atoms with Gasteiger partial charge in [-0.2, -0.15) is 5.10 Å². The molecule has 4 rings (SSSR count). The molecule has 2 heterocycles. The average Bonchev–Trinajstić information content (AvgIpc) is 3.52. The Bertz CT molecular complexity index is 1110. The van der Waals surface area contributed by atoms with E-state index in [9.17, 15) is 5.11 Å². The van der Waals surface area contributed by atoms with Crippen molar-refractivity contribution in [2.45, 2.75) is 51.5 Å². The number of hydrogen-bond donors (Lipinski definition) is 1. The van der Waals surface area contributed by atoms with Crippen molar-refractivity contribution in [1.82, 2.24) is 14.7 Å². The van der Waals surface area contributed by atoms with Crippen LogP contribution in [0.5, 0.6) is 17.4 Å². The van der Waals surface area contributed by atoms with Gasteiger partial charge in [-0.1, -0.05) is 36.4 Å². The molecule has 0 radical (unpaired) electrons. The molecule has 3 aromatic rings. The number of aromatic nitrogens is 2. The number of aliphatic hydroxyl groups excluding tert-OH is 1. The fourth-order valence-electron chi connectivity index (χ4n) is 4.58. The van der Waals surface area contributed by atoms with Gasteiger partial charge in [-0.25, -0.2) is 4.68 Å². The lowest BCUT2D eigenvalue weighted by atomic mass is 10.1. The Hall–Kier alpha value is -2.91. The summed E-state index contributed by atoms with van der Waals surface area (Å²) in [4.78, 5) is 2.23. The molecule has 0 saturated carbocycles. The van der Waals surface area contributed by atoms with Crippen LogP contribution in [0.15, 0.2) is 54.6 Å². The predicted octanol–water partition coefficient (Wildman–Crippen LogP) is 4.65. The van der Waals surface area contributed by atoms with Gasteiger partial charge in [0.05, 0.1) is 37.6 Å². The first-order valence-electron chi connectivity index (χ1n) is 13.0. The number of rotatable bonds is 13. The highest BCUT2D eigenvalue weighted by molar-refractivity contribution is 5.65. The maximum atomic E-state index is 10.8. The van der Waals surface area contributed by atoms with Gasteiger partial charge < -0.3 is 24.1 Å². The molecule has 1 saturated heterocycles. The Morgan fingerprint density at radius 2 is 1.92 bits per heavy atom. The molecular formula is C29H39N3O5. The predicted molar refractivity (Wildman–Crippen MR) is 143 cm³/mol. The van der Waals surface area contributed by atoms with Gasteiger partial charge in [-0.05, 0) is 38.8 Å². The fourth-order valence-corrected chi connectivity index (χ4v) is 4.58. The molecule has 1 aliphatic heterocycles. The Balaban J connectivity index is 1.66. The third-order valence-corrected chi connectivity index (χ3v) is 6.35. The van der Waals surface area contributed by atoms with Gasteiger partial charge in [0.1, 0.15) is 17.2 Å². The molecule has 1 N–H and O–H groups in total. The summed E-state index contributed by atoms with van der Waals surface area (Å²) < 4.78 is 25.2. The van der Waals surface area contributed by atoms with Crippen LogP contribution in [0.1, 0.15) is 32.3 Å². The SMILES string of the molecule is COc1cccc(Oc2c(CN(C[C@@H](O)COC(C)C)C[C@H]3CCCO3)c(-c3ccccc3)nn2C)c1. The molecule has 0 bridgehead atoms. The topological polar surface area (TPSA) is 78.2 Å². The summed E-state index contributed by atoms with van der Waals surface area (Å²) in [6.07, 6.45) is 1.65. The first kappa shape index (κ1) is 27.1. The number of aryl methyl sites for hydroxylation is 1. The summed E-state index contributed by atoms with van der Waals surface area (Å²) in [7, 11) is 3.53. The van der Waals surface area contributed by atoms with E-state index in [0.29, 0.717) is 31.3 Å². The zero-order chi connectivity index (χ0) is 26.2. The molecule has 8 heteroatoms. The largest absolute Gasteiger partial charge is 0.497 e. The van der Waals surface area contributed by atoms with Crippen molar-refractivity contribution >= 4 is 0 Å². The molecule has 1 aromatic heterocycles. The third-order valence-electron chi connectivity index (χ3n) is 6.35. The average molecular weight is 510 g/mol. The van der Waals surface area contributed by atoms with Crippen LogP contribution in [-0.2, 0) is 23.1 Å². The quantitative estimate of drug-likeness (QED) is 0.359. The monoisotopic (exact) mass is 509 g/mol. The number of nitrogens with zero attached hydrogens (tertiary/aromatic N) is 3. The smallest absolute Gasteiger partial charge is 0.222 e. The van der Waals surface area contributed by atoms with E-state index in [4.69, 9.17) is 24.0 Å². The van der Waals surface area contributed by atoms with Crippen molar-refractivity contribution in [2.24, 2.45) is 7.05 Å². The van der Waals surface area contributed by atoms with Crippen LogP contribution >= 0.6 is 0 Å². The van der Waals surface area contributed by atoms with E-state index in [2.05, 4.69) is 17.0 Å². The van der Waals surface area contributed by atoms with Gasteiger partial charge in [0.15, 0.2) is 0 Å². The van der Waals surface area contributed by atoms with Crippen LogP contribution in [0.2, 0.25) is 0 Å². The highest BCUT2D eigenvalue weighted by Crippen LogP contribution is 2.35. The Morgan fingerprint density at radius 3 is 2.62 bits per heavy atom. The molecule has 0 spiro atoms. The van der Waals surface area contributed by atoms with Crippen molar-refractivity contribution in [3.63, 3.8) is 0 Å². The third kappa shape index (κ3) is 7.55. The van der Waals surface area contributed by atoms with Crippen molar-refractivity contribution in [1.29, 1.82) is 0 Å². The second-order valence-electron chi connectivity index (χ2n) is 9.77. The number of aliphatic hydroxyl groups is 1. The van der Waals surface area contributed by atoms with Crippen molar-refractivity contribution in [3.05, 3.63) is 60.2 Å². The molecule has 0 unspecified atom stereocenters. The minimum Gasteiger partial charge on any atom is -0.497 e. The highest BCUT2D eigenvalue weighted by Gasteiger charge is 2.26. The van der Waals surface area contributed by atoms with E-state index in [1.54, 1.807) is 11.8 Å². The van der Waals surface area contributed by atoms with Crippen LogP contribution in [0.4, 0.5) is 0 Å². The molecule has 2 aromatic carbocycles. The van der Waals surface area contributed by atoms with Crippen molar-refractivity contribution < 1.29 is 24.1 Å². The molecule has 1 fully saturated rings. The molecule has 1 aliphatic rings. The lowest BCUT2D eigenvalue weighted by Crippen LogP contribution is -2.39. The van der Waals surface area contributed by atoms with E-state index < -0.39 is 6.10 Å². The van der Waals surface area contributed by atoms with Gasteiger partial charge in [0, 0.05) is 44.9 Å². The summed E-state index contributed by atoms with van der Waals surface area (Å²) in [5.41, 5.74) is 2.81.